The number of benzene rings is 2. The molecule has 50 heavy (non-hydrogen) atoms. The topological polar surface area (TPSA) is 93.7 Å². The van der Waals surface area contributed by atoms with E-state index in [0.717, 1.165) is 54.0 Å². The molecular weight excluding hydrogens is 641 g/mol. The number of rotatable bonds is 25. The van der Waals surface area contributed by atoms with Gasteiger partial charge in [-0.25, -0.2) is 9.59 Å². The minimum absolute atomic E-state index is 0.0595. The Balaban J connectivity index is 1.34. The van der Waals surface area contributed by atoms with Gasteiger partial charge in [0.05, 0.1) is 6.61 Å². The van der Waals surface area contributed by atoms with Crippen LogP contribution in [0.2, 0.25) is 25.7 Å². The van der Waals surface area contributed by atoms with E-state index in [0.29, 0.717) is 38.8 Å². The lowest BCUT2D eigenvalue weighted by Crippen LogP contribution is -2.43. The Hall–Kier alpha value is -3.39. The van der Waals surface area contributed by atoms with E-state index >= 15 is 0 Å². The molecule has 2 aromatic carbocycles. The number of carbonyl (C=O) groups is 3. The number of amides is 2. The Labute approximate surface area is 303 Å². The van der Waals surface area contributed by atoms with Crippen molar-refractivity contribution in [2.75, 3.05) is 19.8 Å². The van der Waals surface area contributed by atoms with Gasteiger partial charge in [0.25, 0.3) is 0 Å². The molecule has 1 aliphatic carbocycles. The molecule has 2 N–H and O–H groups in total. The van der Waals surface area contributed by atoms with E-state index in [1.165, 1.54) is 44.9 Å². The fourth-order valence-electron chi connectivity index (χ4n) is 6.38. The summed E-state index contributed by atoms with van der Waals surface area (Å²) in [6, 6.07) is 16.5. The van der Waals surface area contributed by atoms with Gasteiger partial charge in [0.15, 0.2) is 0 Å². The first kappa shape index (κ1) is 41.0. The van der Waals surface area contributed by atoms with Crippen LogP contribution in [0.15, 0.2) is 60.7 Å². The minimum atomic E-state index is -1.38. The third-order valence-corrected chi connectivity index (χ3v) is 11.1. The fourth-order valence-corrected chi connectivity index (χ4v) is 7.10. The van der Waals surface area contributed by atoms with Crippen molar-refractivity contribution >= 4 is 26.0 Å². The first-order valence-corrected chi connectivity index (χ1v) is 23.1. The molecule has 8 heteroatoms. The Kier molecular flexibility index (Phi) is 19.0. The predicted octanol–water partition coefficient (Wildman–Crippen LogP) is 10.3. The molecule has 0 aliphatic heterocycles. The van der Waals surface area contributed by atoms with E-state index < -0.39 is 26.2 Å². The second kappa shape index (κ2) is 23.2. The predicted molar refractivity (Wildman–Crippen MR) is 208 cm³/mol. The molecule has 0 spiro atoms. The van der Waals surface area contributed by atoms with Crippen LogP contribution < -0.4 is 10.6 Å². The van der Waals surface area contributed by atoms with E-state index in [-0.39, 0.29) is 18.4 Å². The van der Waals surface area contributed by atoms with Crippen molar-refractivity contribution < 1.29 is 23.9 Å². The van der Waals surface area contributed by atoms with Crippen molar-refractivity contribution in [2.45, 2.75) is 141 Å². The maximum Gasteiger partial charge on any atom is 0.407 e. The zero-order valence-electron chi connectivity index (χ0n) is 31.4. The fraction of sp³-hybridized carbons (Fsp3) is 0.595. The normalized spacial score (nSPS) is 13.1. The summed E-state index contributed by atoms with van der Waals surface area (Å²) in [5.41, 5.74) is 4.60. The van der Waals surface area contributed by atoms with Crippen molar-refractivity contribution in [2.24, 2.45) is 0 Å². The molecule has 0 fully saturated rings. The highest BCUT2D eigenvalue weighted by atomic mass is 28.3. The van der Waals surface area contributed by atoms with Crippen LogP contribution in [0.25, 0.3) is 11.1 Å². The molecule has 0 heterocycles. The highest BCUT2D eigenvalue weighted by molar-refractivity contribution is 6.76. The van der Waals surface area contributed by atoms with Gasteiger partial charge in [0, 0.05) is 27.0 Å². The lowest BCUT2D eigenvalue weighted by molar-refractivity contribution is -0.145. The number of ether oxygens (including phenoxy) is 2. The molecule has 1 atom stereocenters. The van der Waals surface area contributed by atoms with Gasteiger partial charge in [-0.1, -0.05) is 126 Å². The molecule has 0 aromatic heterocycles. The third-order valence-electron chi connectivity index (χ3n) is 9.42. The Morgan fingerprint density at radius 2 is 1.36 bits per heavy atom. The Morgan fingerprint density at radius 3 is 1.98 bits per heavy atom. The first-order chi connectivity index (χ1) is 24.2. The summed E-state index contributed by atoms with van der Waals surface area (Å²) >= 11 is 0. The van der Waals surface area contributed by atoms with Crippen LogP contribution >= 0.6 is 0 Å². The van der Waals surface area contributed by atoms with E-state index in [4.69, 9.17) is 9.47 Å². The zero-order chi connectivity index (χ0) is 36.0. The molecular formula is C42H64N2O5Si. The number of nitrogens with one attached hydrogen (secondary N) is 2. The molecule has 0 bridgehead atoms. The van der Waals surface area contributed by atoms with Gasteiger partial charge in [-0.15, -0.1) is 0 Å². The van der Waals surface area contributed by atoms with Gasteiger partial charge in [-0.3, -0.25) is 4.79 Å². The summed E-state index contributed by atoms with van der Waals surface area (Å²) in [6.07, 6.45) is 19.6. The number of hydrogen-bond acceptors (Lipinski definition) is 5. The summed E-state index contributed by atoms with van der Waals surface area (Å²) in [7, 11) is -1.38. The van der Waals surface area contributed by atoms with Gasteiger partial charge in [0.2, 0.25) is 5.91 Å². The van der Waals surface area contributed by atoms with Gasteiger partial charge in [-0.2, -0.15) is 0 Å². The monoisotopic (exact) mass is 704 g/mol. The number of alkyl carbamates (subject to hydrolysis) is 1. The largest absolute Gasteiger partial charge is 0.464 e. The van der Waals surface area contributed by atoms with Crippen LogP contribution in [0.1, 0.15) is 120 Å². The van der Waals surface area contributed by atoms with E-state index in [2.05, 4.69) is 73.6 Å². The van der Waals surface area contributed by atoms with Crippen LogP contribution in [-0.4, -0.2) is 51.8 Å². The maximum absolute atomic E-state index is 13.1. The SMILES string of the molecule is CCCCCCC/C=C/CCCCCCC(=O)NCCCC[C@H](NC(=O)OCC1c2ccccc2-c2ccccc21)C(=O)OCC[Si](C)(C)C. The van der Waals surface area contributed by atoms with Crippen LogP contribution in [0, 0.1) is 0 Å². The summed E-state index contributed by atoms with van der Waals surface area (Å²) in [5, 5.41) is 5.80. The second-order valence-corrected chi connectivity index (χ2v) is 20.6. The lowest BCUT2D eigenvalue weighted by atomic mass is 9.98. The summed E-state index contributed by atoms with van der Waals surface area (Å²) in [5.74, 6) is -0.415. The molecule has 2 amide bonds. The highest BCUT2D eigenvalue weighted by Crippen LogP contribution is 2.44. The van der Waals surface area contributed by atoms with Crippen molar-refractivity contribution in [1.82, 2.24) is 10.6 Å². The quantitative estimate of drug-likeness (QED) is 0.0464. The summed E-state index contributed by atoms with van der Waals surface area (Å²) in [6.45, 7) is 10.0. The van der Waals surface area contributed by atoms with E-state index in [1.54, 1.807) is 0 Å². The molecule has 0 unspecified atom stereocenters. The number of esters is 1. The number of fused-ring (bicyclic) bond motifs is 3. The Morgan fingerprint density at radius 1 is 0.760 bits per heavy atom. The number of hydrogen-bond donors (Lipinski definition) is 2. The van der Waals surface area contributed by atoms with Crippen LogP contribution in [0.3, 0.4) is 0 Å². The summed E-state index contributed by atoms with van der Waals surface area (Å²) < 4.78 is 11.3. The van der Waals surface area contributed by atoms with E-state index in [9.17, 15) is 14.4 Å². The van der Waals surface area contributed by atoms with Crippen molar-refractivity contribution in [1.29, 1.82) is 0 Å². The smallest absolute Gasteiger partial charge is 0.407 e. The molecule has 276 valence electrons. The van der Waals surface area contributed by atoms with Gasteiger partial charge in [-0.05, 0) is 79.7 Å². The average Bonchev–Trinajstić information content (AvgIpc) is 3.41. The van der Waals surface area contributed by atoms with Crippen molar-refractivity contribution in [3.63, 3.8) is 0 Å². The van der Waals surface area contributed by atoms with Crippen molar-refractivity contribution in [3.8, 4) is 11.1 Å². The molecule has 1 aliphatic rings. The first-order valence-electron chi connectivity index (χ1n) is 19.4. The number of carbonyl (C=O) groups excluding carboxylic acids is 3. The van der Waals surface area contributed by atoms with Crippen LogP contribution in [0.4, 0.5) is 4.79 Å². The molecule has 0 saturated heterocycles. The second-order valence-electron chi connectivity index (χ2n) is 15.0. The van der Waals surface area contributed by atoms with Crippen LogP contribution in [-0.2, 0) is 19.1 Å². The number of allylic oxidation sites excluding steroid dienone is 2. The Bertz CT molecular complexity index is 1290. The van der Waals surface area contributed by atoms with Gasteiger partial charge in [0.1, 0.15) is 12.6 Å². The lowest BCUT2D eigenvalue weighted by Gasteiger charge is -2.21. The molecule has 3 rings (SSSR count). The third kappa shape index (κ3) is 15.7. The molecule has 2 aromatic rings. The van der Waals surface area contributed by atoms with Gasteiger partial charge >= 0.3 is 12.1 Å². The standard InChI is InChI=1S/C42H64N2O5Si/c1-5-6-7-8-9-10-11-12-13-14-15-16-17-29-40(45)43-30-23-22-28-39(41(46)48-31-32-50(2,3)4)44-42(47)49-33-38-36-26-20-18-24-34(36)35-25-19-21-27-37(35)38/h11-12,18-21,24-27,38-39H,5-10,13-17,22-23,28-33H2,1-4H3,(H,43,45)(H,44,47)/b12-11+/t39-/m0/s1. The molecule has 0 radical (unpaired) electrons. The van der Waals surface area contributed by atoms with Gasteiger partial charge < -0.3 is 20.1 Å². The minimum Gasteiger partial charge on any atom is -0.464 e. The highest BCUT2D eigenvalue weighted by Gasteiger charge is 2.30. The maximum atomic E-state index is 13.1. The van der Waals surface area contributed by atoms with Crippen molar-refractivity contribution in [3.05, 3.63) is 71.8 Å². The average molecular weight is 705 g/mol. The zero-order valence-corrected chi connectivity index (χ0v) is 32.4. The van der Waals surface area contributed by atoms with Crippen LogP contribution in [0.5, 0.6) is 0 Å². The number of unbranched alkanes of at least 4 members (excludes halogenated alkanes) is 10. The summed E-state index contributed by atoms with van der Waals surface area (Å²) in [4.78, 5) is 38.5. The molecule has 7 nitrogen and oxygen atoms in total. The van der Waals surface area contributed by atoms with E-state index in [1.807, 2.05) is 24.3 Å². The molecule has 0 saturated carbocycles.